The van der Waals surface area contributed by atoms with E-state index in [0.29, 0.717) is 11.5 Å². The smallest absolute Gasteiger partial charge is 0.178 e. The molecular formula is C34H24O2. The molecule has 0 radical (unpaired) electrons. The van der Waals surface area contributed by atoms with Crippen molar-refractivity contribution in [3.8, 4) is 0 Å². The molecule has 36 heavy (non-hydrogen) atoms. The molecule has 2 aliphatic rings. The maximum absolute atomic E-state index is 6.89. The van der Waals surface area contributed by atoms with Gasteiger partial charge in [-0.2, -0.15) is 0 Å². The summed E-state index contributed by atoms with van der Waals surface area (Å²) in [5.41, 5.74) is 7.42. The Hall–Kier alpha value is -4.82. The molecule has 6 rings (SSSR count). The van der Waals surface area contributed by atoms with Crippen LogP contribution in [0.5, 0.6) is 0 Å². The number of hydrogen-bond acceptors (Lipinski definition) is 2. The maximum atomic E-state index is 6.89. The van der Waals surface area contributed by atoms with Crippen LogP contribution in [0, 0.1) is 0 Å². The molecule has 0 atom stereocenters. The standard InChI is InChI=1S/C34H24O2/c1-5-15-25(16-6-1)30-31(26-17-7-2-8-18-26)33(28-21-11-4-12-22-28)36-34(29-23-13-14-24-35-29)32(30)27-19-9-3-10-20-27/h1-24H. The lowest BCUT2D eigenvalue weighted by molar-refractivity contribution is 0.311. The first kappa shape index (κ1) is 21.7. The molecule has 0 aromatic heterocycles. The van der Waals surface area contributed by atoms with Crippen molar-refractivity contribution in [2.45, 2.75) is 0 Å². The molecule has 0 N–H and O–H groups in total. The monoisotopic (exact) mass is 464 g/mol. The van der Waals surface area contributed by atoms with Crippen molar-refractivity contribution in [1.29, 1.82) is 0 Å². The highest BCUT2D eigenvalue weighted by Crippen LogP contribution is 2.50. The summed E-state index contributed by atoms with van der Waals surface area (Å²) >= 11 is 0. The van der Waals surface area contributed by atoms with Gasteiger partial charge in [-0.1, -0.05) is 127 Å². The third-order valence-corrected chi connectivity index (χ3v) is 6.24. The molecular weight excluding hydrogens is 440 g/mol. The van der Waals surface area contributed by atoms with E-state index in [1.165, 1.54) is 0 Å². The van der Waals surface area contributed by atoms with Gasteiger partial charge in [0.2, 0.25) is 0 Å². The number of ether oxygens (including phenoxy) is 2. The first-order valence-electron chi connectivity index (χ1n) is 12.0. The Morgan fingerprint density at radius 1 is 0.389 bits per heavy atom. The zero-order valence-corrected chi connectivity index (χ0v) is 19.7. The minimum Gasteiger partial charge on any atom is -0.461 e. The van der Waals surface area contributed by atoms with Crippen LogP contribution in [0.15, 0.2) is 157 Å². The van der Waals surface area contributed by atoms with E-state index in [2.05, 4.69) is 84.9 Å². The van der Waals surface area contributed by atoms with Gasteiger partial charge >= 0.3 is 0 Å². The predicted octanol–water partition coefficient (Wildman–Crippen LogP) is 8.51. The highest BCUT2D eigenvalue weighted by atomic mass is 16.5. The van der Waals surface area contributed by atoms with Gasteiger partial charge in [-0.15, -0.1) is 0 Å². The van der Waals surface area contributed by atoms with Gasteiger partial charge in [0, 0.05) is 22.3 Å². The van der Waals surface area contributed by atoms with Gasteiger partial charge in [-0.3, -0.25) is 0 Å². The zero-order chi connectivity index (χ0) is 24.2. The average Bonchev–Trinajstić information content (AvgIpc) is 2.98. The minimum atomic E-state index is 0.672. The highest BCUT2D eigenvalue weighted by Gasteiger charge is 2.33. The van der Waals surface area contributed by atoms with Crippen LogP contribution in [-0.4, -0.2) is 0 Å². The third-order valence-electron chi connectivity index (χ3n) is 6.24. The van der Waals surface area contributed by atoms with E-state index in [4.69, 9.17) is 9.47 Å². The van der Waals surface area contributed by atoms with Gasteiger partial charge in [0.25, 0.3) is 0 Å². The number of hydrogen-bond donors (Lipinski definition) is 0. The van der Waals surface area contributed by atoms with Crippen LogP contribution >= 0.6 is 0 Å². The molecule has 0 saturated carbocycles. The SMILES string of the molecule is C1=COC(=C2OC(c3ccccc3)=C(c3ccccc3)C(c3ccccc3)=C2c2ccccc2)C=C1. The van der Waals surface area contributed by atoms with Gasteiger partial charge in [0.15, 0.2) is 11.5 Å². The summed E-state index contributed by atoms with van der Waals surface area (Å²) in [4.78, 5) is 0. The molecule has 4 aromatic rings. The summed E-state index contributed by atoms with van der Waals surface area (Å²) in [6.45, 7) is 0. The van der Waals surface area contributed by atoms with E-state index in [1.807, 2.05) is 54.6 Å². The van der Waals surface area contributed by atoms with Crippen LogP contribution in [0.2, 0.25) is 0 Å². The lowest BCUT2D eigenvalue weighted by Gasteiger charge is -2.31. The Morgan fingerprint density at radius 3 is 1.36 bits per heavy atom. The van der Waals surface area contributed by atoms with Crippen LogP contribution in [0.4, 0.5) is 0 Å². The summed E-state index contributed by atoms with van der Waals surface area (Å²) < 4.78 is 12.9. The summed E-state index contributed by atoms with van der Waals surface area (Å²) in [5.74, 6) is 2.17. The van der Waals surface area contributed by atoms with E-state index in [9.17, 15) is 0 Å². The van der Waals surface area contributed by atoms with E-state index < -0.39 is 0 Å². The molecule has 2 nitrogen and oxygen atoms in total. The van der Waals surface area contributed by atoms with Crippen LogP contribution < -0.4 is 0 Å². The number of benzene rings is 4. The number of rotatable bonds is 4. The van der Waals surface area contributed by atoms with Crippen LogP contribution in [0.3, 0.4) is 0 Å². The van der Waals surface area contributed by atoms with Gasteiger partial charge in [-0.25, -0.2) is 0 Å². The maximum Gasteiger partial charge on any atom is 0.178 e. The lowest BCUT2D eigenvalue weighted by atomic mass is 9.82. The van der Waals surface area contributed by atoms with Gasteiger partial charge in [-0.05, 0) is 28.8 Å². The summed E-state index contributed by atoms with van der Waals surface area (Å²) in [7, 11) is 0. The first-order valence-corrected chi connectivity index (χ1v) is 12.0. The Morgan fingerprint density at radius 2 is 0.861 bits per heavy atom. The van der Waals surface area contributed by atoms with Crippen LogP contribution in [0.25, 0.3) is 22.5 Å². The second-order valence-electron chi connectivity index (χ2n) is 8.52. The van der Waals surface area contributed by atoms with Crippen molar-refractivity contribution in [3.63, 3.8) is 0 Å². The quantitative estimate of drug-likeness (QED) is 0.301. The van der Waals surface area contributed by atoms with E-state index in [1.54, 1.807) is 6.26 Å². The normalized spacial score (nSPS) is 17.1. The highest BCUT2D eigenvalue weighted by molar-refractivity contribution is 6.24. The average molecular weight is 465 g/mol. The van der Waals surface area contributed by atoms with Crippen LogP contribution in [-0.2, 0) is 9.47 Å². The van der Waals surface area contributed by atoms with Crippen molar-refractivity contribution < 1.29 is 9.47 Å². The van der Waals surface area contributed by atoms with Gasteiger partial charge in [0.1, 0.15) is 5.76 Å². The summed E-state index contributed by atoms with van der Waals surface area (Å²) in [6, 6.07) is 41.7. The molecule has 2 heteroatoms. The van der Waals surface area contributed by atoms with Gasteiger partial charge < -0.3 is 9.47 Å². The second kappa shape index (κ2) is 9.81. The van der Waals surface area contributed by atoms with E-state index in [0.717, 1.165) is 44.7 Å². The van der Waals surface area contributed by atoms with Crippen LogP contribution in [0.1, 0.15) is 22.3 Å². The molecule has 0 amide bonds. The minimum absolute atomic E-state index is 0.672. The van der Waals surface area contributed by atoms with E-state index in [-0.39, 0.29) is 0 Å². The second-order valence-corrected chi connectivity index (χ2v) is 8.52. The van der Waals surface area contributed by atoms with Crippen molar-refractivity contribution in [1.82, 2.24) is 0 Å². The third kappa shape index (κ3) is 4.10. The molecule has 0 bridgehead atoms. The fourth-order valence-electron chi connectivity index (χ4n) is 4.65. The zero-order valence-electron chi connectivity index (χ0n) is 19.7. The molecule has 2 heterocycles. The molecule has 0 saturated heterocycles. The number of allylic oxidation sites excluding steroid dienone is 6. The Labute approximate surface area is 211 Å². The van der Waals surface area contributed by atoms with Crippen molar-refractivity contribution >= 4 is 22.5 Å². The van der Waals surface area contributed by atoms with Crippen molar-refractivity contribution in [3.05, 3.63) is 180 Å². The molecule has 0 unspecified atom stereocenters. The lowest BCUT2D eigenvalue weighted by Crippen LogP contribution is -2.12. The molecule has 0 spiro atoms. The molecule has 172 valence electrons. The largest absolute Gasteiger partial charge is 0.461 e. The molecule has 0 fully saturated rings. The summed E-state index contributed by atoms with van der Waals surface area (Å²) in [5, 5.41) is 0. The fraction of sp³-hybridized carbons (Fsp3) is 0. The first-order chi connectivity index (χ1) is 17.9. The molecule has 4 aromatic carbocycles. The summed E-state index contributed by atoms with van der Waals surface area (Å²) in [6.07, 6.45) is 7.49. The van der Waals surface area contributed by atoms with Crippen molar-refractivity contribution in [2.24, 2.45) is 0 Å². The topological polar surface area (TPSA) is 18.5 Å². The molecule has 2 aliphatic heterocycles. The molecule has 0 aliphatic carbocycles. The Balaban J connectivity index is 1.78. The predicted molar refractivity (Wildman–Crippen MR) is 147 cm³/mol. The van der Waals surface area contributed by atoms with Gasteiger partial charge in [0.05, 0.1) is 6.26 Å². The van der Waals surface area contributed by atoms with Crippen molar-refractivity contribution in [2.75, 3.05) is 0 Å². The van der Waals surface area contributed by atoms with E-state index >= 15 is 0 Å². The fourth-order valence-corrected chi connectivity index (χ4v) is 4.65. The Kier molecular flexibility index (Phi) is 5.91. The Bertz CT molecular complexity index is 1520.